The Morgan fingerprint density at radius 3 is 2.78 bits per heavy atom. The fraction of sp³-hybridized carbons (Fsp3) is 0.846. The Labute approximate surface area is 112 Å². The van der Waals surface area contributed by atoms with Crippen LogP contribution in [-0.4, -0.2) is 38.0 Å². The molecule has 0 aromatic carbocycles. The van der Waals surface area contributed by atoms with Crippen LogP contribution in [0.3, 0.4) is 0 Å². The monoisotopic (exact) mass is 267 g/mol. The Morgan fingerprint density at radius 2 is 2.00 bits per heavy atom. The third kappa shape index (κ3) is 2.57. The molecule has 1 aromatic heterocycles. The molecule has 0 radical (unpaired) electrons. The third-order valence-corrected chi connectivity index (χ3v) is 5.24. The summed E-state index contributed by atoms with van der Waals surface area (Å²) < 4.78 is 2.27. The zero-order valence-electron chi connectivity index (χ0n) is 10.7. The quantitative estimate of drug-likeness (QED) is 0.902. The SMILES string of the molecule is OCC1CCc2nnc(CC3CCSCC3)n2C1. The van der Waals surface area contributed by atoms with E-state index in [1.807, 2.05) is 0 Å². The standard InChI is InChI=1S/C13H21N3OS/c17-9-11-1-2-12-14-15-13(16(12)8-11)7-10-3-5-18-6-4-10/h10-11,17H,1-9H2. The van der Waals surface area contributed by atoms with E-state index in [4.69, 9.17) is 0 Å². The van der Waals surface area contributed by atoms with Crippen LogP contribution in [0.2, 0.25) is 0 Å². The van der Waals surface area contributed by atoms with Gasteiger partial charge in [0.25, 0.3) is 0 Å². The molecule has 1 aromatic rings. The molecule has 1 fully saturated rings. The van der Waals surface area contributed by atoms with Gasteiger partial charge < -0.3 is 9.67 Å². The van der Waals surface area contributed by atoms with Crippen LogP contribution in [-0.2, 0) is 19.4 Å². The van der Waals surface area contributed by atoms with Crippen LogP contribution in [0.25, 0.3) is 0 Å². The van der Waals surface area contributed by atoms with Crippen molar-refractivity contribution in [1.29, 1.82) is 0 Å². The summed E-state index contributed by atoms with van der Waals surface area (Å²) in [5.74, 6) is 6.05. The number of aromatic nitrogens is 3. The van der Waals surface area contributed by atoms with E-state index in [1.165, 1.54) is 24.3 Å². The summed E-state index contributed by atoms with van der Waals surface area (Å²) in [6.45, 7) is 1.20. The number of rotatable bonds is 3. The number of thioether (sulfide) groups is 1. The van der Waals surface area contributed by atoms with Crippen LogP contribution in [0.5, 0.6) is 0 Å². The van der Waals surface area contributed by atoms with Crippen molar-refractivity contribution in [3.63, 3.8) is 0 Å². The average molecular weight is 267 g/mol. The molecule has 0 amide bonds. The second-order valence-corrected chi connectivity index (χ2v) is 6.71. The lowest BCUT2D eigenvalue weighted by molar-refractivity contribution is 0.189. The predicted molar refractivity (Wildman–Crippen MR) is 72.7 cm³/mol. The molecule has 100 valence electrons. The maximum Gasteiger partial charge on any atom is 0.133 e. The van der Waals surface area contributed by atoms with Crippen LogP contribution in [0.1, 0.15) is 30.9 Å². The Hall–Kier alpha value is -0.550. The zero-order valence-corrected chi connectivity index (χ0v) is 11.5. The summed E-state index contributed by atoms with van der Waals surface area (Å²) in [4.78, 5) is 0. The third-order valence-electron chi connectivity index (χ3n) is 4.19. The normalized spacial score (nSPS) is 25.1. The number of nitrogens with zero attached hydrogens (tertiary/aromatic N) is 3. The van der Waals surface area contributed by atoms with Crippen LogP contribution in [0.15, 0.2) is 0 Å². The van der Waals surface area contributed by atoms with Crippen LogP contribution in [0, 0.1) is 11.8 Å². The van der Waals surface area contributed by atoms with E-state index in [-0.39, 0.29) is 6.61 Å². The number of aryl methyl sites for hydroxylation is 1. The highest BCUT2D eigenvalue weighted by Crippen LogP contribution is 2.27. The number of aliphatic hydroxyl groups excluding tert-OH is 1. The molecule has 18 heavy (non-hydrogen) atoms. The van der Waals surface area contributed by atoms with Crippen molar-refractivity contribution < 1.29 is 5.11 Å². The Bertz CT molecular complexity index is 401. The maximum atomic E-state index is 9.31. The largest absolute Gasteiger partial charge is 0.396 e. The molecular weight excluding hydrogens is 246 g/mol. The van der Waals surface area contributed by atoms with Gasteiger partial charge in [0.15, 0.2) is 0 Å². The summed E-state index contributed by atoms with van der Waals surface area (Å²) in [7, 11) is 0. The van der Waals surface area contributed by atoms with Crippen LogP contribution in [0.4, 0.5) is 0 Å². The smallest absolute Gasteiger partial charge is 0.133 e. The van der Waals surface area contributed by atoms with Gasteiger partial charge in [0, 0.05) is 31.9 Å². The molecule has 1 saturated heterocycles. The fourth-order valence-electron chi connectivity index (χ4n) is 2.96. The minimum atomic E-state index is 0.289. The highest BCUT2D eigenvalue weighted by Gasteiger charge is 2.24. The molecule has 3 rings (SSSR count). The van der Waals surface area contributed by atoms with Gasteiger partial charge >= 0.3 is 0 Å². The lowest BCUT2D eigenvalue weighted by Gasteiger charge is -2.25. The van der Waals surface area contributed by atoms with Crippen molar-refractivity contribution in [1.82, 2.24) is 14.8 Å². The number of fused-ring (bicyclic) bond motifs is 1. The lowest BCUT2D eigenvalue weighted by atomic mass is 9.97. The van der Waals surface area contributed by atoms with Gasteiger partial charge in [-0.1, -0.05) is 0 Å². The topological polar surface area (TPSA) is 50.9 Å². The fourth-order valence-corrected chi connectivity index (χ4v) is 4.16. The van der Waals surface area contributed by atoms with Crippen molar-refractivity contribution in [3.05, 3.63) is 11.6 Å². The molecular formula is C13H21N3OS. The van der Waals surface area contributed by atoms with E-state index >= 15 is 0 Å². The van der Waals surface area contributed by atoms with Crippen molar-refractivity contribution in [2.45, 2.75) is 38.6 Å². The molecule has 1 atom stereocenters. The van der Waals surface area contributed by atoms with Crippen molar-refractivity contribution in [3.8, 4) is 0 Å². The molecule has 0 bridgehead atoms. The predicted octanol–water partition coefficient (Wildman–Crippen LogP) is 1.52. The summed E-state index contributed by atoms with van der Waals surface area (Å²) in [5, 5.41) is 18.0. The molecule has 1 unspecified atom stereocenters. The van der Waals surface area contributed by atoms with Gasteiger partial charge in [-0.3, -0.25) is 0 Å². The first-order valence-electron chi connectivity index (χ1n) is 6.96. The second-order valence-electron chi connectivity index (χ2n) is 5.49. The van der Waals surface area contributed by atoms with Gasteiger partial charge in [-0.15, -0.1) is 10.2 Å². The van der Waals surface area contributed by atoms with E-state index in [2.05, 4.69) is 26.5 Å². The average Bonchev–Trinajstić information content (AvgIpc) is 2.82. The van der Waals surface area contributed by atoms with Crippen molar-refractivity contribution in [2.24, 2.45) is 11.8 Å². The minimum Gasteiger partial charge on any atom is -0.396 e. The molecule has 0 aliphatic carbocycles. The van der Waals surface area contributed by atoms with Crippen molar-refractivity contribution >= 4 is 11.8 Å². The van der Waals surface area contributed by atoms with Gasteiger partial charge in [-0.05, 0) is 36.7 Å². The first-order chi connectivity index (χ1) is 8.86. The minimum absolute atomic E-state index is 0.289. The van der Waals surface area contributed by atoms with E-state index in [0.29, 0.717) is 5.92 Å². The number of aliphatic hydroxyl groups is 1. The molecule has 5 heteroatoms. The summed E-state index contributed by atoms with van der Waals surface area (Å²) in [5.41, 5.74) is 0. The van der Waals surface area contributed by atoms with Gasteiger partial charge in [0.2, 0.25) is 0 Å². The van der Waals surface area contributed by atoms with Gasteiger partial charge in [-0.2, -0.15) is 11.8 Å². The molecule has 0 saturated carbocycles. The maximum absolute atomic E-state index is 9.31. The van der Waals surface area contributed by atoms with Gasteiger partial charge in [0.05, 0.1) is 0 Å². The molecule has 4 nitrogen and oxygen atoms in total. The number of hydrogen-bond donors (Lipinski definition) is 1. The molecule has 2 aliphatic rings. The van der Waals surface area contributed by atoms with Crippen molar-refractivity contribution in [2.75, 3.05) is 18.1 Å². The second kappa shape index (κ2) is 5.61. The number of hydrogen-bond acceptors (Lipinski definition) is 4. The summed E-state index contributed by atoms with van der Waals surface area (Å²) >= 11 is 2.07. The van der Waals surface area contributed by atoms with Crippen LogP contribution >= 0.6 is 11.8 Å². The van der Waals surface area contributed by atoms with E-state index in [1.54, 1.807) is 0 Å². The molecule has 3 heterocycles. The highest BCUT2D eigenvalue weighted by atomic mass is 32.2. The van der Waals surface area contributed by atoms with E-state index in [9.17, 15) is 5.11 Å². The summed E-state index contributed by atoms with van der Waals surface area (Å²) in [6.07, 6.45) is 5.73. The Morgan fingerprint density at radius 1 is 1.17 bits per heavy atom. The van der Waals surface area contributed by atoms with Crippen LogP contribution < -0.4 is 0 Å². The molecule has 2 aliphatic heterocycles. The zero-order chi connectivity index (χ0) is 12.4. The van der Waals surface area contributed by atoms with E-state index < -0.39 is 0 Å². The first-order valence-corrected chi connectivity index (χ1v) is 8.12. The molecule has 1 N–H and O–H groups in total. The Balaban J connectivity index is 1.71. The van der Waals surface area contributed by atoms with Gasteiger partial charge in [0.1, 0.15) is 11.6 Å². The van der Waals surface area contributed by atoms with Gasteiger partial charge in [-0.25, -0.2) is 0 Å². The highest BCUT2D eigenvalue weighted by molar-refractivity contribution is 7.99. The molecule has 0 spiro atoms. The lowest BCUT2D eigenvalue weighted by Crippen LogP contribution is -2.25. The van der Waals surface area contributed by atoms with E-state index in [0.717, 1.165) is 43.4 Å². The summed E-state index contributed by atoms with van der Waals surface area (Å²) in [6, 6.07) is 0. The Kier molecular flexibility index (Phi) is 3.89. The first kappa shape index (κ1) is 12.5.